The number of carboxylic acid groups (broad SMARTS) is 1. The van der Waals surface area contributed by atoms with Gasteiger partial charge in [-0.1, -0.05) is 24.3 Å². The van der Waals surface area contributed by atoms with Gasteiger partial charge in [-0.15, -0.1) is 11.3 Å². The van der Waals surface area contributed by atoms with Gasteiger partial charge in [0.25, 0.3) is 5.78 Å². The summed E-state index contributed by atoms with van der Waals surface area (Å²) >= 11 is 1.55. The number of thiophene rings is 1. The average Bonchev–Trinajstić information content (AvgIpc) is 2.81. The molecular formula is C12H8O3S. The molecule has 0 aliphatic rings. The molecule has 2 rings (SSSR count). The largest absolute Gasteiger partial charge is 0.475 e. The summed E-state index contributed by atoms with van der Waals surface area (Å²) in [7, 11) is 0. The van der Waals surface area contributed by atoms with Gasteiger partial charge < -0.3 is 5.11 Å². The van der Waals surface area contributed by atoms with Crippen molar-refractivity contribution in [1.29, 1.82) is 0 Å². The molecule has 0 amide bonds. The topological polar surface area (TPSA) is 54.4 Å². The second-order valence-corrected chi connectivity index (χ2v) is 4.14. The van der Waals surface area contributed by atoms with Crippen molar-refractivity contribution in [3.05, 3.63) is 47.3 Å². The molecule has 0 unspecified atom stereocenters. The lowest BCUT2D eigenvalue weighted by molar-refractivity contribution is -0.131. The molecule has 3 nitrogen and oxygen atoms in total. The van der Waals surface area contributed by atoms with Crippen molar-refractivity contribution in [2.75, 3.05) is 0 Å². The lowest BCUT2D eigenvalue weighted by Gasteiger charge is -2.00. The normalized spacial score (nSPS) is 10.0. The number of ketones is 1. The Morgan fingerprint density at radius 3 is 2.56 bits per heavy atom. The Labute approximate surface area is 96.0 Å². The van der Waals surface area contributed by atoms with Crippen molar-refractivity contribution in [3.63, 3.8) is 0 Å². The highest BCUT2D eigenvalue weighted by Gasteiger charge is 2.14. The number of hydrogen-bond donors (Lipinski definition) is 1. The van der Waals surface area contributed by atoms with Crippen molar-refractivity contribution < 1.29 is 14.7 Å². The molecule has 1 heterocycles. The smallest absolute Gasteiger partial charge is 0.377 e. The molecule has 1 N–H and O–H groups in total. The molecular weight excluding hydrogens is 224 g/mol. The molecule has 1 aromatic heterocycles. The first-order valence-electron chi connectivity index (χ1n) is 4.60. The summed E-state index contributed by atoms with van der Waals surface area (Å²) in [4.78, 5) is 22.8. The van der Waals surface area contributed by atoms with Crippen molar-refractivity contribution in [1.82, 2.24) is 0 Å². The van der Waals surface area contributed by atoms with Crippen LogP contribution in [0, 0.1) is 0 Å². The first-order chi connectivity index (χ1) is 7.68. The van der Waals surface area contributed by atoms with Gasteiger partial charge in [-0.05, 0) is 23.1 Å². The molecule has 2 aromatic rings. The maximum Gasteiger partial charge on any atom is 0.377 e. The SMILES string of the molecule is O=C(O)C(=O)c1cccc(-c2cccs2)c1. The van der Waals surface area contributed by atoms with Crippen LogP contribution in [0.2, 0.25) is 0 Å². The number of Topliss-reactive ketones (excluding diaryl/α,β-unsaturated/α-hetero) is 1. The fraction of sp³-hybridized carbons (Fsp3) is 0. The standard InChI is InChI=1S/C12H8O3S/c13-11(12(14)15)9-4-1-3-8(7-9)10-5-2-6-16-10/h1-7H,(H,14,15). The van der Waals surface area contributed by atoms with E-state index < -0.39 is 11.8 Å². The van der Waals surface area contributed by atoms with Crippen LogP contribution in [0.3, 0.4) is 0 Å². The van der Waals surface area contributed by atoms with E-state index in [1.54, 1.807) is 23.5 Å². The van der Waals surface area contributed by atoms with Crippen molar-refractivity contribution in [2.24, 2.45) is 0 Å². The fourth-order valence-corrected chi connectivity index (χ4v) is 2.10. The van der Waals surface area contributed by atoms with Gasteiger partial charge in [-0.2, -0.15) is 0 Å². The molecule has 0 aliphatic heterocycles. The molecule has 1 aromatic carbocycles. The van der Waals surface area contributed by atoms with Gasteiger partial charge in [-0.25, -0.2) is 4.79 Å². The van der Waals surface area contributed by atoms with Crippen LogP contribution < -0.4 is 0 Å². The average molecular weight is 232 g/mol. The van der Waals surface area contributed by atoms with E-state index >= 15 is 0 Å². The van der Waals surface area contributed by atoms with E-state index in [1.165, 1.54) is 6.07 Å². The highest BCUT2D eigenvalue weighted by molar-refractivity contribution is 7.13. The molecule has 0 radical (unpaired) electrons. The summed E-state index contributed by atoms with van der Waals surface area (Å²) in [6.45, 7) is 0. The van der Waals surface area contributed by atoms with E-state index in [0.29, 0.717) is 0 Å². The van der Waals surface area contributed by atoms with Gasteiger partial charge >= 0.3 is 5.97 Å². The Bertz CT molecular complexity index is 529. The van der Waals surface area contributed by atoms with Crippen LogP contribution in [0.4, 0.5) is 0 Å². The van der Waals surface area contributed by atoms with Gasteiger partial charge in [0, 0.05) is 10.4 Å². The highest BCUT2D eigenvalue weighted by Crippen LogP contribution is 2.25. The van der Waals surface area contributed by atoms with Gasteiger partial charge in [0.15, 0.2) is 0 Å². The van der Waals surface area contributed by atoms with Crippen molar-refractivity contribution >= 4 is 23.1 Å². The van der Waals surface area contributed by atoms with E-state index in [2.05, 4.69) is 0 Å². The summed E-state index contributed by atoms with van der Waals surface area (Å²) in [6.07, 6.45) is 0. The molecule has 0 aliphatic carbocycles. The lowest BCUT2D eigenvalue weighted by atomic mass is 10.1. The van der Waals surface area contributed by atoms with Crippen LogP contribution >= 0.6 is 11.3 Å². The minimum Gasteiger partial charge on any atom is -0.475 e. The zero-order valence-corrected chi connectivity index (χ0v) is 9.03. The van der Waals surface area contributed by atoms with E-state index in [9.17, 15) is 9.59 Å². The van der Waals surface area contributed by atoms with Crippen LogP contribution in [0.15, 0.2) is 41.8 Å². The number of carbonyl (C=O) groups is 2. The third-order valence-corrected chi connectivity index (χ3v) is 3.04. The zero-order chi connectivity index (χ0) is 11.5. The predicted molar refractivity (Wildman–Crippen MR) is 61.7 cm³/mol. The molecule has 0 saturated carbocycles. The zero-order valence-electron chi connectivity index (χ0n) is 8.21. The van der Waals surface area contributed by atoms with E-state index in [0.717, 1.165) is 10.4 Å². The first-order valence-corrected chi connectivity index (χ1v) is 5.48. The summed E-state index contributed by atoms with van der Waals surface area (Å²) in [6, 6.07) is 10.5. The van der Waals surface area contributed by atoms with Gasteiger partial charge in [0.05, 0.1) is 0 Å². The Hall–Kier alpha value is -1.94. The maximum absolute atomic E-state index is 11.3. The second-order valence-electron chi connectivity index (χ2n) is 3.19. The Morgan fingerprint density at radius 2 is 1.94 bits per heavy atom. The highest BCUT2D eigenvalue weighted by atomic mass is 32.1. The maximum atomic E-state index is 11.3. The first kappa shape index (κ1) is 10.6. The second kappa shape index (κ2) is 4.28. The van der Waals surface area contributed by atoms with Crippen LogP contribution in [0.5, 0.6) is 0 Å². The quantitative estimate of drug-likeness (QED) is 0.653. The van der Waals surface area contributed by atoms with E-state index in [4.69, 9.17) is 5.11 Å². The minimum absolute atomic E-state index is 0.207. The van der Waals surface area contributed by atoms with E-state index in [-0.39, 0.29) is 5.56 Å². The van der Waals surface area contributed by atoms with Gasteiger partial charge in [-0.3, -0.25) is 4.79 Å². The van der Waals surface area contributed by atoms with Crippen LogP contribution in [0.1, 0.15) is 10.4 Å². The number of rotatable bonds is 3. The molecule has 4 heteroatoms. The Balaban J connectivity index is 2.41. The third-order valence-electron chi connectivity index (χ3n) is 2.12. The fourth-order valence-electron chi connectivity index (χ4n) is 1.38. The Morgan fingerprint density at radius 1 is 1.12 bits per heavy atom. The lowest BCUT2D eigenvalue weighted by Crippen LogP contribution is -2.12. The van der Waals surface area contributed by atoms with E-state index in [1.807, 2.05) is 23.6 Å². The van der Waals surface area contributed by atoms with Crippen molar-refractivity contribution in [3.8, 4) is 10.4 Å². The number of aliphatic carboxylic acids is 1. The van der Waals surface area contributed by atoms with Gasteiger partial charge in [0.2, 0.25) is 0 Å². The predicted octanol–water partition coefficient (Wildman–Crippen LogP) is 2.68. The van der Waals surface area contributed by atoms with Gasteiger partial charge in [0.1, 0.15) is 0 Å². The molecule has 0 spiro atoms. The summed E-state index contributed by atoms with van der Waals surface area (Å²) in [5, 5.41) is 10.5. The minimum atomic E-state index is -1.43. The van der Waals surface area contributed by atoms with Crippen molar-refractivity contribution in [2.45, 2.75) is 0 Å². The van der Waals surface area contributed by atoms with Crippen LogP contribution in [-0.4, -0.2) is 16.9 Å². The number of carbonyl (C=O) groups excluding carboxylic acids is 1. The number of hydrogen-bond acceptors (Lipinski definition) is 3. The Kier molecular flexibility index (Phi) is 2.83. The number of carboxylic acids is 1. The molecule has 0 bridgehead atoms. The summed E-state index contributed by atoms with van der Waals surface area (Å²) < 4.78 is 0. The van der Waals surface area contributed by atoms with Crippen LogP contribution in [-0.2, 0) is 4.79 Å². The molecule has 80 valence electrons. The molecule has 0 atom stereocenters. The molecule has 0 saturated heterocycles. The number of benzene rings is 1. The third kappa shape index (κ3) is 2.01. The monoisotopic (exact) mass is 232 g/mol. The summed E-state index contributed by atoms with van der Waals surface area (Å²) in [5.41, 5.74) is 1.07. The molecule has 16 heavy (non-hydrogen) atoms. The molecule has 0 fully saturated rings. The summed E-state index contributed by atoms with van der Waals surface area (Å²) in [5.74, 6) is -2.30. The van der Waals surface area contributed by atoms with Crippen LogP contribution in [0.25, 0.3) is 10.4 Å².